The third-order valence-corrected chi connectivity index (χ3v) is 5.43. The topological polar surface area (TPSA) is 127 Å². The summed E-state index contributed by atoms with van der Waals surface area (Å²) in [5.74, 6) is -2.82. The number of carbonyl (C=O) groups excluding carboxylic acids is 1. The number of allylic oxidation sites excluding steroid dienone is 2. The largest absolute Gasteiger partial charge is 0.481 e. The zero-order valence-electron chi connectivity index (χ0n) is 12.0. The number of hydrogen-bond acceptors (Lipinski definition) is 4. The third-order valence-electron chi connectivity index (χ3n) is 4.50. The van der Waals surface area contributed by atoms with Gasteiger partial charge in [0.1, 0.15) is 0 Å². The van der Waals surface area contributed by atoms with Gasteiger partial charge >= 0.3 is 5.97 Å². The van der Waals surface area contributed by atoms with E-state index in [4.69, 9.17) is 5.14 Å². The van der Waals surface area contributed by atoms with E-state index in [9.17, 15) is 23.1 Å². The lowest BCUT2D eigenvalue weighted by molar-refractivity contribution is -0.146. The van der Waals surface area contributed by atoms with Crippen LogP contribution in [0.25, 0.3) is 0 Å². The minimum atomic E-state index is -3.79. The normalized spacial score (nSPS) is 28.7. The number of sulfonamides is 1. The van der Waals surface area contributed by atoms with Crippen molar-refractivity contribution in [3.63, 3.8) is 0 Å². The summed E-state index contributed by atoms with van der Waals surface area (Å²) in [6, 6.07) is 5.44. The number of fused-ring (bicyclic) bond motifs is 2. The molecular formula is C15H16N2O5S. The fraction of sp³-hybridized carbons (Fsp3) is 0.333. The second-order valence-electron chi connectivity index (χ2n) is 5.90. The van der Waals surface area contributed by atoms with Gasteiger partial charge in [-0.2, -0.15) is 0 Å². The van der Waals surface area contributed by atoms with E-state index in [1.807, 2.05) is 12.2 Å². The molecule has 1 aromatic carbocycles. The quantitative estimate of drug-likeness (QED) is 0.701. The molecule has 1 saturated carbocycles. The summed E-state index contributed by atoms with van der Waals surface area (Å²) in [5.41, 5.74) is 0.401. The molecular weight excluding hydrogens is 320 g/mol. The Morgan fingerprint density at radius 2 is 1.65 bits per heavy atom. The van der Waals surface area contributed by atoms with Crippen LogP contribution < -0.4 is 10.5 Å². The highest BCUT2D eigenvalue weighted by molar-refractivity contribution is 7.89. The van der Waals surface area contributed by atoms with Crippen LogP contribution in [0.1, 0.15) is 6.42 Å². The number of amides is 1. The van der Waals surface area contributed by atoms with Gasteiger partial charge in [-0.3, -0.25) is 9.59 Å². The SMILES string of the molecule is NS(=O)(=O)c1ccc(NC(=O)[C@H]2[C@@H](C(=O)O)[C@H]3C=C[C@H]2C3)cc1. The summed E-state index contributed by atoms with van der Waals surface area (Å²) in [6.45, 7) is 0. The maximum atomic E-state index is 12.5. The first-order chi connectivity index (χ1) is 10.8. The average molecular weight is 336 g/mol. The second kappa shape index (κ2) is 5.47. The summed E-state index contributed by atoms with van der Waals surface area (Å²) in [6.07, 6.45) is 4.45. The molecule has 8 heteroatoms. The van der Waals surface area contributed by atoms with Crippen LogP contribution in [0.4, 0.5) is 5.69 Å². The number of nitrogens with one attached hydrogen (secondary N) is 1. The lowest BCUT2D eigenvalue weighted by atomic mass is 9.82. The van der Waals surface area contributed by atoms with Crippen molar-refractivity contribution in [1.29, 1.82) is 0 Å². The zero-order valence-corrected chi connectivity index (χ0v) is 12.9. The van der Waals surface area contributed by atoms with Crippen molar-refractivity contribution in [2.45, 2.75) is 11.3 Å². The number of primary sulfonamides is 1. The number of anilines is 1. The molecule has 1 amide bonds. The Kier molecular flexibility index (Phi) is 3.73. The van der Waals surface area contributed by atoms with E-state index < -0.39 is 27.8 Å². The number of nitrogens with two attached hydrogens (primary N) is 1. The molecule has 0 saturated heterocycles. The van der Waals surface area contributed by atoms with E-state index in [0.717, 1.165) is 0 Å². The second-order valence-corrected chi connectivity index (χ2v) is 7.46. The minimum Gasteiger partial charge on any atom is -0.481 e. The van der Waals surface area contributed by atoms with Gasteiger partial charge in [0.05, 0.1) is 16.7 Å². The summed E-state index contributed by atoms with van der Waals surface area (Å²) in [5, 5.41) is 17.0. The maximum Gasteiger partial charge on any atom is 0.307 e. The summed E-state index contributed by atoms with van der Waals surface area (Å²) >= 11 is 0. The summed E-state index contributed by atoms with van der Waals surface area (Å²) in [7, 11) is -3.79. The van der Waals surface area contributed by atoms with Crippen LogP contribution >= 0.6 is 0 Å². The van der Waals surface area contributed by atoms with E-state index in [1.54, 1.807) is 0 Å². The van der Waals surface area contributed by atoms with Gasteiger partial charge in [0.25, 0.3) is 0 Å². The number of carboxylic acids is 1. The van der Waals surface area contributed by atoms with E-state index in [1.165, 1.54) is 24.3 Å². The lowest BCUT2D eigenvalue weighted by Gasteiger charge is -2.23. The van der Waals surface area contributed by atoms with Crippen molar-refractivity contribution < 1.29 is 23.1 Å². The Bertz CT molecular complexity index is 785. The van der Waals surface area contributed by atoms with Crippen LogP contribution in [0.2, 0.25) is 0 Å². The Hall–Kier alpha value is -2.19. The number of carbonyl (C=O) groups is 2. The highest BCUT2D eigenvalue weighted by atomic mass is 32.2. The Morgan fingerprint density at radius 3 is 2.17 bits per heavy atom. The molecule has 4 atom stereocenters. The van der Waals surface area contributed by atoms with E-state index >= 15 is 0 Å². The first-order valence-corrected chi connectivity index (χ1v) is 8.67. The van der Waals surface area contributed by atoms with Crippen molar-refractivity contribution >= 4 is 27.6 Å². The third kappa shape index (κ3) is 2.87. The monoisotopic (exact) mass is 336 g/mol. The van der Waals surface area contributed by atoms with Crippen molar-refractivity contribution in [3.8, 4) is 0 Å². The molecule has 2 aliphatic carbocycles. The van der Waals surface area contributed by atoms with Gasteiger partial charge in [-0.15, -0.1) is 0 Å². The molecule has 0 radical (unpaired) electrons. The Balaban J connectivity index is 1.77. The Morgan fingerprint density at radius 1 is 1.09 bits per heavy atom. The van der Waals surface area contributed by atoms with E-state index in [2.05, 4.69) is 5.32 Å². The molecule has 7 nitrogen and oxygen atoms in total. The van der Waals surface area contributed by atoms with Crippen molar-refractivity contribution in [3.05, 3.63) is 36.4 Å². The average Bonchev–Trinajstić information content (AvgIpc) is 3.07. The molecule has 2 aliphatic rings. The van der Waals surface area contributed by atoms with Crippen LogP contribution in [0.15, 0.2) is 41.3 Å². The van der Waals surface area contributed by atoms with Gasteiger partial charge in [-0.1, -0.05) is 12.2 Å². The van der Waals surface area contributed by atoms with Gasteiger partial charge in [-0.25, -0.2) is 13.6 Å². The molecule has 122 valence electrons. The predicted molar refractivity (Wildman–Crippen MR) is 81.8 cm³/mol. The first-order valence-electron chi connectivity index (χ1n) is 7.12. The highest BCUT2D eigenvalue weighted by Gasteiger charge is 2.51. The number of hydrogen-bond donors (Lipinski definition) is 3. The minimum absolute atomic E-state index is 0.0539. The molecule has 3 rings (SSSR count). The van der Waals surface area contributed by atoms with Gasteiger partial charge in [0, 0.05) is 5.69 Å². The molecule has 0 unspecified atom stereocenters. The molecule has 23 heavy (non-hydrogen) atoms. The Labute approximate surface area is 133 Å². The fourth-order valence-corrected chi connectivity index (χ4v) is 3.99. The molecule has 1 aromatic rings. The lowest BCUT2D eigenvalue weighted by Crippen LogP contribution is -2.36. The van der Waals surface area contributed by atoms with Gasteiger partial charge < -0.3 is 10.4 Å². The number of aliphatic carboxylic acids is 1. The summed E-state index contributed by atoms with van der Waals surface area (Å²) < 4.78 is 22.4. The van der Waals surface area contributed by atoms with Crippen molar-refractivity contribution in [1.82, 2.24) is 0 Å². The van der Waals surface area contributed by atoms with E-state index in [-0.39, 0.29) is 22.6 Å². The van der Waals surface area contributed by atoms with Crippen LogP contribution in [-0.4, -0.2) is 25.4 Å². The predicted octanol–water partition coefficient (Wildman–Crippen LogP) is 0.795. The fourth-order valence-electron chi connectivity index (χ4n) is 3.47. The number of benzene rings is 1. The van der Waals surface area contributed by atoms with Crippen molar-refractivity contribution in [2.24, 2.45) is 28.8 Å². The van der Waals surface area contributed by atoms with Gasteiger partial charge in [0.15, 0.2) is 0 Å². The molecule has 2 bridgehead atoms. The van der Waals surface area contributed by atoms with Crippen LogP contribution in [0, 0.1) is 23.7 Å². The molecule has 0 aromatic heterocycles. The molecule has 1 fully saturated rings. The van der Waals surface area contributed by atoms with Crippen molar-refractivity contribution in [2.75, 3.05) is 5.32 Å². The van der Waals surface area contributed by atoms with Gasteiger partial charge in [0.2, 0.25) is 15.9 Å². The first kappa shape index (κ1) is 15.7. The van der Waals surface area contributed by atoms with E-state index in [0.29, 0.717) is 12.1 Å². The van der Waals surface area contributed by atoms with Crippen LogP contribution in [-0.2, 0) is 19.6 Å². The summed E-state index contributed by atoms with van der Waals surface area (Å²) in [4.78, 5) is 23.8. The molecule has 4 N–H and O–H groups in total. The molecule has 0 aliphatic heterocycles. The molecule has 0 heterocycles. The van der Waals surface area contributed by atoms with Crippen LogP contribution in [0.5, 0.6) is 0 Å². The van der Waals surface area contributed by atoms with Crippen LogP contribution in [0.3, 0.4) is 0 Å². The number of rotatable bonds is 4. The highest BCUT2D eigenvalue weighted by Crippen LogP contribution is 2.48. The maximum absolute atomic E-state index is 12.5. The molecule has 0 spiro atoms. The van der Waals surface area contributed by atoms with Gasteiger partial charge in [-0.05, 0) is 42.5 Å². The zero-order chi connectivity index (χ0) is 16.8. The standard InChI is InChI=1S/C15H16N2O5S/c16-23(21,22)11-5-3-10(4-6-11)17-14(18)12-8-1-2-9(7-8)13(12)15(19)20/h1-6,8-9,12-13H,7H2,(H,17,18)(H,19,20)(H2,16,21,22)/t8-,9-,12+,13-/m0/s1. The smallest absolute Gasteiger partial charge is 0.307 e. The number of carboxylic acid groups (broad SMARTS) is 1.